The second kappa shape index (κ2) is 2.66. The number of hydrogen-bond donors (Lipinski definition) is 0. The first-order chi connectivity index (χ1) is 3.71. The second-order valence-corrected chi connectivity index (χ2v) is 7.09. The molecule has 0 fully saturated rings. The summed E-state index contributed by atoms with van der Waals surface area (Å²) in [6.07, 6.45) is 1.26. The number of rotatable bonds is 1. The molecule has 54 valence electrons. The molecule has 0 saturated carbocycles. The normalized spacial score (nSPS) is 14.0. The van der Waals surface area contributed by atoms with Crippen molar-refractivity contribution in [2.24, 2.45) is 5.41 Å². The Bertz CT molecular complexity index is 69.7. The fourth-order valence-corrected chi connectivity index (χ4v) is 2.29. The Hall–Kier alpha value is 0.558. The zero-order chi connectivity index (χ0) is 7.71. The van der Waals surface area contributed by atoms with Crippen LogP contribution in [0.4, 0.5) is 0 Å². The van der Waals surface area contributed by atoms with E-state index in [2.05, 4.69) is 51.5 Å². The zero-order valence-corrected chi connectivity index (χ0v) is 9.03. The summed E-state index contributed by atoms with van der Waals surface area (Å²) >= 11 is 2.73. The molecule has 2 radical (unpaired) electrons. The molecule has 0 unspecified atom stereocenters. The Kier molecular flexibility index (Phi) is 2.82. The molecule has 0 amide bonds. The van der Waals surface area contributed by atoms with E-state index in [1.54, 1.807) is 0 Å². The van der Waals surface area contributed by atoms with E-state index in [-0.39, 0.29) is 0 Å². The van der Waals surface area contributed by atoms with Crippen LogP contribution in [0.5, 0.6) is 0 Å². The fraction of sp³-hybridized carbons (Fsp3) is 1.00. The maximum atomic E-state index is 2.73. The van der Waals surface area contributed by atoms with Gasteiger partial charge >= 0.3 is 67.5 Å². The maximum absolute atomic E-state index is 2.73. The van der Waals surface area contributed by atoms with Gasteiger partial charge in [-0.15, -0.1) is 0 Å². The molecule has 9 heavy (non-hydrogen) atoms. The minimum atomic E-state index is 0.422. The van der Waals surface area contributed by atoms with Crippen LogP contribution >= 0.6 is 0 Å². The SMILES string of the molecule is CC(C)(C)CC(C)(C)[As]. The molecular formula is C8H17As. The van der Waals surface area contributed by atoms with Crippen molar-refractivity contribution in [2.75, 3.05) is 0 Å². The topological polar surface area (TPSA) is 0 Å². The molecule has 1 heteroatoms. The van der Waals surface area contributed by atoms with Crippen molar-refractivity contribution < 1.29 is 0 Å². The molecule has 0 aliphatic heterocycles. The zero-order valence-electron chi connectivity index (χ0n) is 7.15. The Labute approximate surface area is 67.9 Å². The van der Waals surface area contributed by atoms with E-state index in [1.807, 2.05) is 0 Å². The van der Waals surface area contributed by atoms with Crippen LogP contribution in [0, 0.1) is 5.41 Å². The molecule has 0 heterocycles. The van der Waals surface area contributed by atoms with Gasteiger partial charge < -0.3 is 0 Å². The molecule has 0 rings (SSSR count). The fourth-order valence-electron chi connectivity index (χ4n) is 1.30. The molecule has 0 N–H and O–H groups in total. The van der Waals surface area contributed by atoms with Crippen LogP contribution in [-0.4, -0.2) is 16.9 Å². The van der Waals surface area contributed by atoms with Crippen molar-refractivity contribution in [1.82, 2.24) is 0 Å². The van der Waals surface area contributed by atoms with E-state index >= 15 is 0 Å². The molecular weight excluding hydrogens is 171 g/mol. The van der Waals surface area contributed by atoms with Crippen LogP contribution in [0.1, 0.15) is 41.0 Å². The molecule has 0 aliphatic rings. The van der Waals surface area contributed by atoms with E-state index < -0.39 is 0 Å². The predicted molar refractivity (Wildman–Crippen MR) is 43.9 cm³/mol. The first-order valence-electron chi connectivity index (χ1n) is 3.43. The second-order valence-electron chi connectivity index (χ2n) is 4.55. The summed E-state index contributed by atoms with van der Waals surface area (Å²) in [5.41, 5.74) is 0.469. The van der Waals surface area contributed by atoms with Crippen molar-refractivity contribution in [3.05, 3.63) is 0 Å². The molecule has 0 aliphatic carbocycles. The molecule has 0 aromatic carbocycles. The third kappa shape index (κ3) is 8.56. The van der Waals surface area contributed by atoms with Crippen molar-refractivity contribution in [2.45, 2.75) is 45.2 Å². The van der Waals surface area contributed by atoms with E-state index in [0.29, 0.717) is 9.62 Å². The number of hydrogen-bond acceptors (Lipinski definition) is 0. The van der Waals surface area contributed by atoms with Gasteiger partial charge in [-0.25, -0.2) is 0 Å². The van der Waals surface area contributed by atoms with Crippen LogP contribution in [0.3, 0.4) is 0 Å². The molecule has 0 saturated heterocycles. The van der Waals surface area contributed by atoms with Crippen LogP contribution < -0.4 is 0 Å². The Morgan fingerprint density at radius 1 is 1.00 bits per heavy atom. The van der Waals surface area contributed by atoms with E-state index in [0.717, 1.165) is 0 Å². The van der Waals surface area contributed by atoms with Gasteiger partial charge in [0, 0.05) is 0 Å². The first-order valence-corrected chi connectivity index (χ1v) is 4.37. The standard InChI is InChI=1S/C8H17As/c1-7(2,3)6-8(4,5)9/h6H2,1-5H3. The van der Waals surface area contributed by atoms with Crippen molar-refractivity contribution in [3.63, 3.8) is 0 Å². The minimum absolute atomic E-state index is 0.422. The van der Waals surface area contributed by atoms with Crippen LogP contribution in [0.15, 0.2) is 0 Å². The Balaban J connectivity index is 3.75. The van der Waals surface area contributed by atoms with Gasteiger partial charge in [-0.3, -0.25) is 0 Å². The Morgan fingerprint density at radius 3 is 1.33 bits per heavy atom. The molecule has 0 bridgehead atoms. The van der Waals surface area contributed by atoms with Crippen LogP contribution in [-0.2, 0) is 0 Å². The van der Waals surface area contributed by atoms with E-state index in [9.17, 15) is 0 Å². The van der Waals surface area contributed by atoms with Crippen molar-refractivity contribution in [1.29, 1.82) is 0 Å². The molecule has 0 nitrogen and oxygen atoms in total. The summed E-state index contributed by atoms with van der Waals surface area (Å²) in [5.74, 6) is 0. The van der Waals surface area contributed by atoms with Gasteiger partial charge in [0.15, 0.2) is 0 Å². The Morgan fingerprint density at radius 2 is 1.33 bits per heavy atom. The first kappa shape index (κ1) is 9.56. The summed E-state index contributed by atoms with van der Waals surface area (Å²) in [5, 5.41) is 0. The summed E-state index contributed by atoms with van der Waals surface area (Å²) in [4.78, 5) is 0. The van der Waals surface area contributed by atoms with Crippen LogP contribution in [0.25, 0.3) is 0 Å². The van der Waals surface area contributed by atoms with Gasteiger partial charge in [-0.2, -0.15) is 0 Å². The van der Waals surface area contributed by atoms with Crippen molar-refractivity contribution >= 4 is 16.9 Å². The quantitative estimate of drug-likeness (QED) is 0.555. The van der Waals surface area contributed by atoms with Crippen LogP contribution in [0.2, 0.25) is 4.20 Å². The van der Waals surface area contributed by atoms with Gasteiger partial charge in [0.1, 0.15) is 0 Å². The van der Waals surface area contributed by atoms with Crippen molar-refractivity contribution in [3.8, 4) is 0 Å². The third-order valence-electron chi connectivity index (χ3n) is 0.963. The molecule has 0 aromatic heterocycles. The van der Waals surface area contributed by atoms with E-state index in [4.69, 9.17) is 0 Å². The third-order valence-corrected chi connectivity index (χ3v) is 1.29. The van der Waals surface area contributed by atoms with E-state index in [1.165, 1.54) is 6.42 Å². The van der Waals surface area contributed by atoms with Gasteiger partial charge in [0.05, 0.1) is 0 Å². The molecule has 0 aromatic rings. The summed E-state index contributed by atoms with van der Waals surface area (Å²) < 4.78 is 0.422. The summed E-state index contributed by atoms with van der Waals surface area (Å²) in [7, 11) is 0. The average molecular weight is 188 g/mol. The summed E-state index contributed by atoms with van der Waals surface area (Å²) in [6, 6.07) is 0. The molecule has 0 atom stereocenters. The van der Waals surface area contributed by atoms with Gasteiger partial charge in [-0.05, 0) is 0 Å². The van der Waals surface area contributed by atoms with Gasteiger partial charge in [0.25, 0.3) is 0 Å². The average Bonchev–Trinajstić information content (AvgIpc) is 1.14. The van der Waals surface area contributed by atoms with Gasteiger partial charge in [-0.1, -0.05) is 0 Å². The monoisotopic (exact) mass is 188 g/mol. The van der Waals surface area contributed by atoms with Gasteiger partial charge in [0.2, 0.25) is 0 Å². The summed E-state index contributed by atoms with van der Waals surface area (Å²) in [6.45, 7) is 11.4. The molecule has 0 spiro atoms. The predicted octanol–water partition coefficient (Wildman–Crippen LogP) is 2.79.